The van der Waals surface area contributed by atoms with Gasteiger partial charge in [0, 0.05) is 0 Å². The van der Waals surface area contributed by atoms with Gasteiger partial charge in [0.2, 0.25) is 0 Å². The van der Waals surface area contributed by atoms with Gasteiger partial charge in [0.05, 0.1) is 11.1 Å². The average Bonchev–Trinajstić information content (AvgIpc) is 2.47. The number of hydrogen-bond donors (Lipinski definition) is 4. The molecule has 0 saturated carbocycles. The molecule has 4 nitrogen and oxygen atoms in total. The number of rotatable bonds is 2. The van der Waals surface area contributed by atoms with Crippen molar-refractivity contribution in [1.29, 1.82) is 0 Å². The molecule has 0 saturated heterocycles. The summed E-state index contributed by atoms with van der Waals surface area (Å²) in [5, 5.41) is 39.8. The van der Waals surface area contributed by atoms with Crippen molar-refractivity contribution in [2.75, 3.05) is 0 Å². The van der Waals surface area contributed by atoms with Gasteiger partial charge in [-0.05, 0) is 41.5 Å². The first-order valence-corrected chi connectivity index (χ1v) is 6.70. The largest absolute Gasteiger partial charge is 0.507 e. The van der Waals surface area contributed by atoms with Crippen molar-refractivity contribution in [3.05, 3.63) is 60.7 Å². The Hall–Kier alpha value is -3.14. The van der Waals surface area contributed by atoms with Crippen LogP contribution in [-0.4, -0.2) is 20.4 Å². The Balaban J connectivity index is 2.19. The van der Waals surface area contributed by atoms with Gasteiger partial charge in [-0.1, -0.05) is 30.3 Å². The summed E-state index contributed by atoms with van der Waals surface area (Å²) in [6, 6.07) is 15.9. The van der Waals surface area contributed by atoms with E-state index in [1.807, 2.05) is 0 Å². The van der Waals surface area contributed by atoms with Crippen LogP contribution >= 0.6 is 0 Å². The number of phenols is 4. The van der Waals surface area contributed by atoms with Crippen molar-refractivity contribution in [1.82, 2.24) is 0 Å². The minimum atomic E-state index is -0.0429. The Morgan fingerprint density at radius 1 is 0.455 bits per heavy atom. The molecule has 110 valence electrons. The summed E-state index contributed by atoms with van der Waals surface area (Å²) in [7, 11) is 0. The summed E-state index contributed by atoms with van der Waals surface area (Å²) in [6.45, 7) is 0. The second kappa shape index (κ2) is 5.33. The highest BCUT2D eigenvalue weighted by atomic mass is 16.3. The molecule has 0 aromatic heterocycles. The van der Waals surface area contributed by atoms with E-state index in [-0.39, 0.29) is 23.0 Å². The molecular formula is C18H14O4. The number of benzene rings is 3. The van der Waals surface area contributed by atoms with E-state index in [1.54, 1.807) is 36.4 Å². The maximum Gasteiger partial charge on any atom is 0.127 e. The molecule has 0 aliphatic rings. The van der Waals surface area contributed by atoms with Crippen LogP contribution in [0.5, 0.6) is 23.0 Å². The summed E-state index contributed by atoms with van der Waals surface area (Å²) in [4.78, 5) is 0. The highest BCUT2D eigenvalue weighted by Crippen LogP contribution is 2.41. The second-order valence-electron chi connectivity index (χ2n) is 4.92. The Bertz CT molecular complexity index is 733. The lowest BCUT2D eigenvalue weighted by atomic mass is 9.97. The van der Waals surface area contributed by atoms with E-state index >= 15 is 0 Å². The standard InChI is InChI=1S/C18H14O4/c19-13-6-2-7-14(20)17(13)11-4-1-5-12(10-11)18-15(21)8-3-9-16(18)22/h1-10,19-22H. The van der Waals surface area contributed by atoms with Gasteiger partial charge < -0.3 is 20.4 Å². The first-order valence-electron chi connectivity index (χ1n) is 6.70. The molecule has 0 aliphatic carbocycles. The van der Waals surface area contributed by atoms with Crippen LogP contribution in [0.15, 0.2) is 60.7 Å². The second-order valence-corrected chi connectivity index (χ2v) is 4.92. The van der Waals surface area contributed by atoms with Gasteiger partial charge in [0.15, 0.2) is 0 Å². The maximum absolute atomic E-state index is 9.96. The normalized spacial score (nSPS) is 10.5. The Kier molecular flexibility index (Phi) is 3.35. The summed E-state index contributed by atoms with van der Waals surface area (Å²) >= 11 is 0. The van der Waals surface area contributed by atoms with Crippen LogP contribution in [0.25, 0.3) is 22.3 Å². The molecule has 3 aromatic rings. The molecule has 0 unspecified atom stereocenters. The third-order valence-electron chi connectivity index (χ3n) is 3.48. The molecule has 0 bridgehead atoms. The molecule has 0 aliphatic heterocycles. The van der Waals surface area contributed by atoms with Crippen molar-refractivity contribution in [3.63, 3.8) is 0 Å². The van der Waals surface area contributed by atoms with Crippen LogP contribution in [0.4, 0.5) is 0 Å². The third kappa shape index (κ3) is 2.31. The smallest absolute Gasteiger partial charge is 0.127 e. The Morgan fingerprint density at radius 2 is 0.773 bits per heavy atom. The molecule has 0 atom stereocenters. The molecule has 0 fully saturated rings. The first kappa shape index (κ1) is 13.8. The molecule has 3 aromatic carbocycles. The third-order valence-corrected chi connectivity index (χ3v) is 3.48. The SMILES string of the molecule is Oc1cccc(O)c1-c1cccc(-c2c(O)cccc2O)c1. The van der Waals surface area contributed by atoms with Crippen LogP contribution < -0.4 is 0 Å². The predicted molar refractivity (Wildman–Crippen MR) is 84.0 cm³/mol. The van der Waals surface area contributed by atoms with Gasteiger partial charge in [0.1, 0.15) is 23.0 Å². The first-order chi connectivity index (χ1) is 10.6. The highest BCUT2D eigenvalue weighted by Gasteiger charge is 2.13. The minimum absolute atomic E-state index is 0.0429. The molecule has 0 amide bonds. The number of aromatic hydroxyl groups is 4. The van der Waals surface area contributed by atoms with Crippen molar-refractivity contribution in [2.45, 2.75) is 0 Å². The van der Waals surface area contributed by atoms with Crippen LogP contribution in [0.1, 0.15) is 0 Å². The Morgan fingerprint density at radius 3 is 1.14 bits per heavy atom. The molecule has 0 radical (unpaired) electrons. The minimum Gasteiger partial charge on any atom is -0.507 e. The van der Waals surface area contributed by atoms with Crippen molar-refractivity contribution >= 4 is 0 Å². The molecule has 4 heteroatoms. The topological polar surface area (TPSA) is 80.9 Å². The lowest BCUT2D eigenvalue weighted by Crippen LogP contribution is -1.84. The molecule has 22 heavy (non-hydrogen) atoms. The number of hydrogen-bond acceptors (Lipinski definition) is 4. The van der Waals surface area contributed by atoms with E-state index < -0.39 is 0 Å². The van der Waals surface area contributed by atoms with Gasteiger partial charge >= 0.3 is 0 Å². The zero-order valence-corrected chi connectivity index (χ0v) is 11.6. The summed E-state index contributed by atoms with van der Waals surface area (Å²) in [5.41, 5.74) is 1.77. The molecule has 4 N–H and O–H groups in total. The average molecular weight is 294 g/mol. The lowest BCUT2D eigenvalue weighted by molar-refractivity contribution is 0.453. The molecule has 0 spiro atoms. The van der Waals surface area contributed by atoms with Crippen LogP contribution in [0, 0.1) is 0 Å². The fraction of sp³-hybridized carbons (Fsp3) is 0. The lowest BCUT2D eigenvalue weighted by Gasteiger charge is -2.11. The van der Waals surface area contributed by atoms with E-state index in [0.29, 0.717) is 22.3 Å². The zero-order valence-electron chi connectivity index (χ0n) is 11.6. The van der Waals surface area contributed by atoms with E-state index in [0.717, 1.165) is 0 Å². The van der Waals surface area contributed by atoms with Gasteiger partial charge in [-0.25, -0.2) is 0 Å². The highest BCUT2D eigenvalue weighted by molar-refractivity contribution is 5.83. The fourth-order valence-corrected chi connectivity index (χ4v) is 2.48. The van der Waals surface area contributed by atoms with E-state index in [4.69, 9.17) is 0 Å². The van der Waals surface area contributed by atoms with Crippen molar-refractivity contribution in [3.8, 4) is 45.3 Å². The van der Waals surface area contributed by atoms with Crippen molar-refractivity contribution in [2.24, 2.45) is 0 Å². The summed E-state index contributed by atoms with van der Waals surface area (Å²) < 4.78 is 0. The van der Waals surface area contributed by atoms with Gasteiger partial charge in [-0.15, -0.1) is 0 Å². The van der Waals surface area contributed by atoms with Gasteiger partial charge in [0.25, 0.3) is 0 Å². The van der Waals surface area contributed by atoms with Crippen LogP contribution in [0.3, 0.4) is 0 Å². The fourth-order valence-electron chi connectivity index (χ4n) is 2.48. The van der Waals surface area contributed by atoms with E-state index in [9.17, 15) is 20.4 Å². The molecule has 0 heterocycles. The summed E-state index contributed by atoms with van der Waals surface area (Å²) in [5.74, 6) is -0.172. The zero-order chi connectivity index (χ0) is 15.7. The van der Waals surface area contributed by atoms with Crippen LogP contribution in [0.2, 0.25) is 0 Å². The summed E-state index contributed by atoms with van der Waals surface area (Å²) in [6.07, 6.45) is 0. The maximum atomic E-state index is 9.96. The Labute approximate surface area is 127 Å². The van der Waals surface area contributed by atoms with E-state index in [1.165, 1.54) is 24.3 Å². The van der Waals surface area contributed by atoms with E-state index in [2.05, 4.69) is 0 Å². The quantitative estimate of drug-likeness (QED) is 0.579. The van der Waals surface area contributed by atoms with Crippen LogP contribution in [-0.2, 0) is 0 Å². The molecular weight excluding hydrogens is 280 g/mol. The molecule has 3 rings (SSSR count). The van der Waals surface area contributed by atoms with Gasteiger partial charge in [-0.2, -0.15) is 0 Å². The monoisotopic (exact) mass is 294 g/mol. The number of phenolic OH excluding ortho intramolecular Hbond substituents is 4. The van der Waals surface area contributed by atoms with Gasteiger partial charge in [-0.3, -0.25) is 0 Å². The van der Waals surface area contributed by atoms with Crippen molar-refractivity contribution < 1.29 is 20.4 Å². The predicted octanol–water partition coefficient (Wildman–Crippen LogP) is 3.84.